The molecule has 3 heteroatoms. The Morgan fingerprint density at radius 3 is 2.53 bits per heavy atom. The molecule has 1 aromatic heterocycles. The fourth-order valence-corrected chi connectivity index (χ4v) is 3.09. The molecule has 1 aromatic carbocycles. The molecule has 0 atom stereocenters. The third-order valence-corrected chi connectivity index (χ3v) is 4.25. The lowest BCUT2D eigenvalue weighted by atomic mass is 10.1. The van der Waals surface area contributed by atoms with E-state index >= 15 is 0 Å². The van der Waals surface area contributed by atoms with E-state index in [0.29, 0.717) is 0 Å². The molecular formula is C16H22N2S. The highest BCUT2D eigenvalue weighted by Gasteiger charge is 2.11. The van der Waals surface area contributed by atoms with Crippen molar-refractivity contribution < 1.29 is 0 Å². The van der Waals surface area contributed by atoms with Gasteiger partial charge in [-0.3, -0.25) is 0 Å². The van der Waals surface area contributed by atoms with E-state index in [-0.39, 0.29) is 0 Å². The number of nitrogens with one attached hydrogen (secondary N) is 1. The summed E-state index contributed by atoms with van der Waals surface area (Å²) in [7, 11) is 0. The number of aromatic nitrogens is 1. The number of aryl methyl sites for hydroxylation is 2. The molecule has 2 aromatic rings. The molecule has 0 bridgehead atoms. The number of rotatable bonds is 6. The van der Waals surface area contributed by atoms with Crippen molar-refractivity contribution in [2.75, 3.05) is 6.54 Å². The van der Waals surface area contributed by atoms with Crippen LogP contribution in [0.2, 0.25) is 0 Å². The maximum absolute atomic E-state index is 4.83. The molecule has 0 saturated heterocycles. The Bertz CT molecular complexity index is 514. The van der Waals surface area contributed by atoms with Gasteiger partial charge in [0.25, 0.3) is 0 Å². The minimum atomic E-state index is 0.940. The molecule has 19 heavy (non-hydrogen) atoms. The van der Waals surface area contributed by atoms with E-state index in [1.54, 1.807) is 0 Å². The molecule has 0 aliphatic heterocycles. The van der Waals surface area contributed by atoms with Crippen molar-refractivity contribution in [3.63, 3.8) is 0 Å². The zero-order chi connectivity index (χ0) is 13.7. The largest absolute Gasteiger partial charge is 0.312 e. The molecule has 0 spiro atoms. The third-order valence-electron chi connectivity index (χ3n) is 3.10. The van der Waals surface area contributed by atoms with Crippen LogP contribution in [0, 0.1) is 6.92 Å². The molecule has 1 heterocycles. The summed E-state index contributed by atoms with van der Waals surface area (Å²) >= 11 is 1.82. The van der Waals surface area contributed by atoms with Gasteiger partial charge in [-0.05, 0) is 19.9 Å². The van der Waals surface area contributed by atoms with Crippen molar-refractivity contribution in [3.05, 3.63) is 40.4 Å². The Morgan fingerprint density at radius 1 is 1.16 bits per heavy atom. The molecule has 0 fully saturated rings. The van der Waals surface area contributed by atoms with Crippen molar-refractivity contribution in [2.24, 2.45) is 0 Å². The van der Waals surface area contributed by atoms with Crippen LogP contribution in [0.5, 0.6) is 0 Å². The molecule has 2 nitrogen and oxygen atoms in total. The lowest BCUT2D eigenvalue weighted by Gasteiger charge is -2.00. The number of thiazole rings is 1. The van der Waals surface area contributed by atoms with Gasteiger partial charge in [0.15, 0.2) is 0 Å². The average molecular weight is 274 g/mol. The van der Waals surface area contributed by atoms with Crippen LogP contribution < -0.4 is 5.32 Å². The van der Waals surface area contributed by atoms with E-state index < -0.39 is 0 Å². The van der Waals surface area contributed by atoms with Gasteiger partial charge >= 0.3 is 0 Å². The molecule has 2 rings (SSSR count). The minimum absolute atomic E-state index is 0.940. The topological polar surface area (TPSA) is 24.9 Å². The van der Waals surface area contributed by atoms with Crippen molar-refractivity contribution in [3.8, 4) is 10.6 Å². The molecule has 0 amide bonds. The summed E-state index contributed by atoms with van der Waals surface area (Å²) in [5.74, 6) is 0. The van der Waals surface area contributed by atoms with Crippen molar-refractivity contribution in [2.45, 2.75) is 40.2 Å². The molecular weight excluding hydrogens is 252 g/mol. The van der Waals surface area contributed by atoms with Crippen LogP contribution in [-0.4, -0.2) is 11.5 Å². The van der Waals surface area contributed by atoms with Gasteiger partial charge in [0, 0.05) is 17.0 Å². The van der Waals surface area contributed by atoms with Crippen LogP contribution in [-0.2, 0) is 13.0 Å². The number of hydrogen-bond donors (Lipinski definition) is 1. The van der Waals surface area contributed by atoms with Crippen LogP contribution in [0.3, 0.4) is 0 Å². The normalized spacial score (nSPS) is 10.9. The van der Waals surface area contributed by atoms with Crippen LogP contribution in [0.1, 0.15) is 36.4 Å². The summed E-state index contributed by atoms with van der Waals surface area (Å²) in [6, 6.07) is 8.64. The second-order valence-electron chi connectivity index (χ2n) is 4.79. The number of hydrogen-bond acceptors (Lipinski definition) is 3. The lowest BCUT2D eigenvalue weighted by Crippen LogP contribution is -2.11. The summed E-state index contributed by atoms with van der Waals surface area (Å²) in [6.07, 6.45) is 2.22. The fraction of sp³-hybridized carbons (Fsp3) is 0.438. The predicted molar refractivity (Wildman–Crippen MR) is 83.7 cm³/mol. The summed E-state index contributed by atoms with van der Waals surface area (Å²) in [5.41, 5.74) is 3.79. The Hall–Kier alpha value is -1.19. The molecule has 1 N–H and O–H groups in total. The van der Waals surface area contributed by atoms with E-state index in [1.807, 2.05) is 11.3 Å². The molecule has 0 aliphatic carbocycles. The minimum Gasteiger partial charge on any atom is -0.312 e. The highest BCUT2D eigenvalue weighted by Crippen LogP contribution is 2.29. The van der Waals surface area contributed by atoms with Crippen molar-refractivity contribution in [1.82, 2.24) is 10.3 Å². The van der Waals surface area contributed by atoms with Gasteiger partial charge < -0.3 is 5.32 Å². The van der Waals surface area contributed by atoms with Crippen LogP contribution in [0.25, 0.3) is 10.6 Å². The van der Waals surface area contributed by atoms with Gasteiger partial charge in [-0.2, -0.15) is 0 Å². The highest BCUT2D eigenvalue weighted by atomic mass is 32.1. The Balaban J connectivity index is 2.27. The summed E-state index contributed by atoms with van der Waals surface area (Å²) in [4.78, 5) is 6.22. The van der Waals surface area contributed by atoms with Gasteiger partial charge in [0.05, 0.1) is 5.69 Å². The second kappa shape index (κ2) is 6.83. The SMILES string of the molecule is CCCc1nc(-c2ccc(C)cc2)sc1CNCC. The van der Waals surface area contributed by atoms with E-state index in [0.717, 1.165) is 30.9 Å². The van der Waals surface area contributed by atoms with Crippen molar-refractivity contribution >= 4 is 11.3 Å². The molecule has 0 saturated carbocycles. The molecule has 0 radical (unpaired) electrons. The molecule has 0 unspecified atom stereocenters. The van der Waals surface area contributed by atoms with Crippen LogP contribution in [0.15, 0.2) is 24.3 Å². The van der Waals surface area contributed by atoms with E-state index in [2.05, 4.69) is 50.4 Å². The second-order valence-corrected chi connectivity index (χ2v) is 5.87. The smallest absolute Gasteiger partial charge is 0.123 e. The Morgan fingerprint density at radius 2 is 1.89 bits per heavy atom. The van der Waals surface area contributed by atoms with Gasteiger partial charge in [0.1, 0.15) is 5.01 Å². The Kier molecular flexibility index (Phi) is 5.11. The molecule has 0 aliphatic rings. The first kappa shape index (κ1) is 14.2. The van der Waals surface area contributed by atoms with Gasteiger partial charge in [-0.15, -0.1) is 11.3 Å². The van der Waals surface area contributed by atoms with E-state index in [9.17, 15) is 0 Å². The standard InChI is InChI=1S/C16H22N2S/c1-4-6-14-15(11-17-5-2)19-16(18-14)13-9-7-12(3)8-10-13/h7-10,17H,4-6,11H2,1-3H3. The zero-order valence-electron chi connectivity index (χ0n) is 12.0. The zero-order valence-corrected chi connectivity index (χ0v) is 12.8. The predicted octanol–water partition coefficient (Wildman–Crippen LogP) is 4.18. The maximum atomic E-state index is 4.83. The van der Waals surface area contributed by atoms with Crippen LogP contribution >= 0.6 is 11.3 Å². The first-order chi connectivity index (χ1) is 9.24. The summed E-state index contributed by atoms with van der Waals surface area (Å²) < 4.78 is 0. The first-order valence-electron chi connectivity index (χ1n) is 7.01. The highest BCUT2D eigenvalue weighted by molar-refractivity contribution is 7.15. The van der Waals surface area contributed by atoms with Gasteiger partial charge in [-0.1, -0.05) is 50.1 Å². The third kappa shape index (κ3) is 3.64. The van der Waals surface area contributed by atoms with Crippen LogP contribution in [0.4, 0.5) is 0 Å². The number of nitrogens with zero attached hydrogens (tertiary/aromatic N) is 1. The van der Waals surface area contributed by atoms with E-state index in [1.165, 1.54) is 21.7 Å². The molecule has 102 valence electrons. The first-order valence-corrected chi connectivity index (χ1v) is 7.82. The lowest BCUT2D eigenvalue weighted by molar-refractivity contribution is 0.723. The summed E-state index contributed by atoms with van der Waals surface area (Å²) in [5, 5.41) is 4.56. The monoisotopic (exact) mass is 274 g/mol. The Labute approximate surface area is 119 Å². The average Bonchev–Trinajstić information content (AvgIpc) is 2.81. The van der Waals surface area contributed by atoms with Gasteiger partial charge in [0.2, 0.25) is 0 Å². The summed E-state index contributed by atoms with van der Waals surface area (Å²) in [6.45, 7) is 8.41. The number of benzene rings is 1. The quantitative estimate of drug-likeness (QED) is 0.854. The van der Waals surface area contributed by atoms with E-state index in [4.69, 9.17) is 4.98 Å². The fourth-order valence-electron chi connectivity index (χ4n) is 2.01. The van der Waals surface area contributed by atoms with Gasteiger partial charge in [-0.25, -0.2) is 4.98 Å². The maximum Gasteiger partial charge on any atom is 0.123 e. The van der Waals surface area contributed by atoms with Crippen molar-refractivity contribution in [1.29, 1.82) is 0 Å².